The van der Waals surface area contributed by atoms with Gasteiger partial charge in [0.15, 0.2) is 0 Å². The van der Waals surface area contributed by atoms with Crippen molar-refractivity contribution in [1.29, 1.82) is 0 Å². The molecule has 0 bridgehead atoms. The number of hydrogen-bond donors (Lipinski definition) is 1. The van der Waals surface area contributed by atoms with E-state index in [2.05, 4.69) is 4.98 Å². The number of aromatic nitrogens is 1. The number of hydrogen-bond acceptors (Lipinski definition) is 4. The van der Waals surface area contributed by atoms with Gasteiger partial charge in [-0.25, -0.2) is 0 Å². The average molecular weight is 375 g/mol. The molecule has 0 spiro atoms. The lowest BCUT2D eigenvalue weighted by molar-refractivity contribution is -0.0163. The smallest absolute Gasteiger partial charge is 0.272 e. The molecule has 26 heavy (non-hydrogen) atoms. The molecule has 0 aliphatic carbocycles. The van der Waals surface area contributed by atoms with E-state index in [0.717, 1.165) is 5.56 Å². The van der Waals surface area contributed by atoms with Gasteiger partial charge in [-0.15, -0.1) is 0 Å². The van der Waals surface area contributed by atoms with Crippen LogP contribution in [0, 0.1) is 6.92 Å². The maximum atomic E-state index is 12.6. The number of likely N-dealkylation sites (tertiary alicyclic amines) is 1. The van der Waals surface area contributed by atoms with Gasteiger partial charge >= 0.3 is 0 Å². The number of rotatable bonds is 4. The van der Waals surface area contributed by atoms with E-state index in [4.69, 9.17) is 16.3 Å². The van der Waals surface area contributed by atoms with Gasteiger partial charge in [-0.1, -0.05) is 23.7 Å². The fourth-order valence-electron chi connectivity index (χ4n) is 3.11. The third kappa shape index (κ3) is 4.54. The van der Waals surface area contributed by atoms with Crippen molar-refractivity contribution in [1.82, 2.24) is 9.88 Å². The Morgan fingerprint density at radius 1 is 1.31 bits per heavy atom. The Hall–Kier alpha value is -2.11. The first-order chi connectivity index (χ1) is 12.5. The summed E-state index contributed by atoms with van der Waals surface area (Å²) in [5.41, 5.74) is 0.497. The van der Waals surface area contributed by atoms with Crippen molar-refractivity contribution in [3.8, 4) is 5.75 Å². The lowest BCUT2D eigenvalue weighted by Gasteiger charge is -2.27. The van der Waals surface area contributed by atoms with Crippen LogP contribution in [0.3, 0.4) is 0 Å². The topological polar surface area (TPSA) is 62.7 Å². The maximum absolute atomic E-state index is 12.6. The predicted molar refractivity (Wildman–Crippen MR) is 101 cm³/mol. The van der Waals surface area contributed by atoms with E-state index in [1.807, 2.05) is 19.1 Å². The lowest BCUT2D eigenvalue weighted by atomic mass is 9.96. The van der Waals surface area contributed by atoms with Crippen LogP contribution in [0.4, 0.5) is 0 Å². The van der Waals surface area contributed by atoms with Crippen LogP contribution < -0.4 is 4.74 Å². The molecule has 1 aromatic carbocycles. The van der Waals surface area contributed by atoms with E-state index in [-0.39, 0.29) is 12.5 Å². The van der Waals surface area contributed by atoms with Gasteiger partial charge in [-0.2, -0.15) is 0 Å². The molecular weight excluding hydrogens is 352 g/mol. The van der Waals surface area contributed by atoms with Gasteiger partial charge in [0.25, 0.3) is 5.91 Å². The van der Waals surface area contributed by atoms with Crippen LogP contribution in [-0.2, 0) is 0 Å². The number of nitrogens with zero attached hydrogens (tertiary/aromatic N) is 2. The van der Waals surface area contributed by atoms with Gasteiger partial charge in [0.2, 0.25) is 0 Å². The van der Waals surface area contributed by atoms with Crippen molar-refractivity contribution in [3.05, 3.63) is 58.9 Å². The second kappa shape index (κ2) is 8.06. The van der Waals surface area contributed by atoms with Crippen LogP contribution in [-0.4, -0.2) is 46.2 Å². The zero-order chi connectivity index (χ0) is 18.6. The second-order valence-corrected chi connectivity index (χ2v) is 7.21. The largest absolute Gasteiger partial charge is 0.489 e. The Kier molecular flexibility index (Phi) is 5.79. The molecule has 1 fully saturated rings. The number of benzene rings is 1. The first-order valence-corrected chi connectivity index (χ1v) is 9.16. The molecule has 1 unspecified atom stereocenters. The molecule has 1 aliphatic rings. The highest BCUT2D eigenvalue weighted by Crippen LogP contribution is 2.29. The fourth-order valence-corrected chi connectivity index (χ4v) is 3.28. The third-order valence-electron chi connectivity index (χ3n) is 4.67. The molecule has 1 aromatic heterocycles. The highest BCUT2D eigenvalue weighted by Gasteiger charge is 2.33. The van der Waals surface area contributed by atoms with E-state index in [0.29, 0.717) is 48.8 Å². The lowest BCUT2D eigenvalue weighted by Crippen LogP contribution is -2.38. The minimum atomic E-state index is -0.980. The zero-order valence-corrected chi connectivity index (χ0v) is 15.6. The van der Waals surface area contributed by atoms with Gasteiger partial charge in [0, 0.05) is 19.3 Å². The van der Waals surface area contributed by atoms with Gasteiger partial charge in [-0.3, -0.25) is 9.78 Å². The maximum Gasteiger partial charge on any atom is 0.272 e. The summed E-state index contributed by atoms with van der Waals surface area (Å²) in [6, 6.07) is 10.9. The quantitative estimate of drug-likeness (QED) is 0.889. The van der Waals surface area contributed by atoms with Crippen LogP contribution in [0.5, 0.6) is 5.75 Å². The van der Waals surface area contributed by atoms with E-state index < -0.39 is 5.60 Å². The van der Waals surface area contributed by atoms with Crippen molar-refractivity contribution in [2.45, 2.75) is 31.8 Å². The molecule has 1 atom stereocenters. The molecule has 0 radical (unpaired) electrons. The van der Waals surface area contributed by atoms with Crippen LogP contribution in [0.15, 0.2) is 42.6 Å². The minimum Gasteiger partial charge on any atom is -0.489 e. The SMILES string of the molecule is Cc1ccc(Cl)c(OCC2(O)CCCN(C(=O)c3ccccn3)CC2)c1. The summed E-state index contributed by atoms with van der Waals surface area (Å²) < 4.78 is 5.80. The molecule has 0 saturated carbocycles. The molecule has 6 heteroatoms. The molecule has 5 nitrogen and oxygen atoms in total. The number of amides is 1. The van der Waals surface area contributed by atoms with Gasteiger partial charge in [0.1, 0.15) is 23.7 Å². The average Bonchev–Trinajstić information content (AvgIpc) is 2.85. The molecule has 1 N–H and O–H groups in total. The number of halogens is 1. The van der Waals surface area contributed by atoms with Crippen LogP contribution >= 0.6 is 11.6 Å². The Balaban J connectivity index is 1.62. The standard InChI is InChI=1S/C20H23ClN2O3/c1-15-6-7-16(21)18(13-15)26-14-20(25)8-4-11-23(12-9-20)19(24)17-5-2-3-10-22-17/h2-3,5-7,10,13,25H,4,8-9,11-12,14H2,1H3. The molecule has 1 amide bonds. The monoisotopic (exact) mass is 374 g/mol. The molecule has 1 aliphatic heterocycles. The number of pyridine rings is 1. The number of carbonyl (C=O) groups is 1. The molecule has 3 rings (SSSR count). The molecule has 2 aromatic rings. The van der Waals surface area contributed by atoms with Gasteiger partial charge in [0.05, 0.1) is 5.02 Å². The highest BCUT2D eigenvalue weighted by atomic mass is 35.5. The number of ether oxygens (including phenoxy) is 1. The van der Waals surface area contributed by atoms with Crippen LogP contribution in [0.2, 0.25) is 5.02 Å². The van der Waals surface area contributed by atoms with Gasteiger partial charge < -0.3 is 14.7 Å². The zero-order valence-electron chi connectivity index (χ0n) is 14.8. The highest BCUT2D eigenvalue weighted by molar-refractivity contribution is 6.32. The summed E-state index contributed by atoms with van der Waals surface area (Å²) >= 11 is 6.16. The fraction of sp³-hybridized carbons (Fsp3) is 0.400. The third-order valence-corrected chi connectivity index (χ3v) is 4.98. The first-order valence-electron chi connectivity index (χ1n) is 8.78. The van der Waals surface area contributed by atoms with Crippen molar-refractivity contribution >= 4 is 17.5 Å². The molecule has 2 heterocycles. The Morgan fingerprint density at radius 3 is 2.92 bits per heavy atom. The summed E-state index contributed by atoms with van der Waals surface area (Å²) in [6.45, 7) is 3.19. The van der Waals surface area contributed by atoms with E-state index in [1.54, 1.807) is 35.4 Å². The van der Waals surface area contributed by atoms with Gasteiger partial charge in [-0.05, 0) is 56.0 Å². The molecule has 1 saturated heterocycles. The first kappa shape index (κ1) is 18.7. The Labute approximate surface area is 158 Å². The van der Waals surface area contributed by atoms with E-state index >= 15 is 0 Å². The van der Waals surface area contributed by atoms with Crippen molar-refractivity contribution < 1.29 is 14.6 Å². The predicted octanol–water partition coefficient (Wildman–Crippen LogP) is 3.48. The second-order valence-electron chi connectivity index (χ2n) is 6.81. The van der Waals surface area contributed by atoms with Crippen LogP contribution in [0.25, 0.3) is 0 Å². The summed E-state index contributed by atoms with van der Waals surface area (Å²) in [5.74, 6) is 0.475. The van der Waals surface area contributed by atoms with E-state index in [9.17, 15) is 9.90 Å². The Bertz CT molecular complexity index is 769. The minimum absolute atomic E-state index is 0.0995. The molecular formula is C20H23ClN2O3. The summed E-state index contributed by atoms with van der Waals surface area (Å²) in [6.07, 6.45) is 3.35. The summed E-state index contributed by atoms with van der Waals surface area (Å²) in [5, 5.41) is 11.4. The number of aryl methyl sites for hydroxylation is 1. The number of aliphatic hydroxyl groups is 1. The number of carbonyl (C=O) groups excluding carboxylic acids is 1. The van der Waals surface area contributed by atoms with E-state index in [1.165, 1.54) is 0 Å². The Morgan fingerprint density at radius 2 is 2.15 bits per heavy atom. The van der Waals surface area contributed by atoms with Crippen LogP contribution in [0.1, 0.15) is 35.3 Å². The summed E-state index contributed by atoms with van der Waals surface area (Å²) in [4.78, 5) is 18.4. The van der Waals surface area contributed by atoms with Crippen molar-refractivity contribution in [3.63, 3.8) is 0 Å². The summed E-state index contributed by atoms with van der Waals surface area (Å²) in [7, 11) is 0. The molecule has 138 valence electrons. The normalized spacial score (nSPS) is 20.5. The van der Waals surface area contributed by atoms with Crippen molar-refractivity contribution in [2.75, 3.05) is 19.7 Å². The van der Waals surface area contributed by atoms with Crippen molar-refractivity contribution in [2.24, 2.45) is 0 Å².